The van der Waals surface area contributed by atoms with Crippen molar-refractivity contribution in [3.05, 3.63) is 181 Å². The summed E-state index contributed by atoms with van der Waals surface area (Å²) in [4.78, 5) is 10.4. The minimum absolute atomic E-state index is 0.0871. The Morgan fingerprint density at radius 2 is 0.878 bits per heavy atom. The third-order valence-corrected chi connectivity index (χ3v) is 10.1. The summed E-state index contributed by atoms with van der Waals surface area (Å²) >= 11 is 0. The molecule has 0 fully saturated rings. The molecule has 0 N–H and O–H groups in total. The van der Waals surface area contributed by atoms with Gasteiger partial charge in [0.2, 0.25) is 0 Å². The topological polar surface area (TPSA) is 25.8 Å². The number of fused-ring (bicyclic) bond motifs is 5. The van der Waals surface area contributed by atoms with Gasteiger partial charge in [0.15, 0.2) is 5.82 Å². The molecule has 0 atom stereocenters. The zero-order valence-corrected chi connectivity index (χ0v) is 27.6. The Bertz CT molecular complexity index is 2380. The predicted octanol–water partition coefficient (Wildman–Crippen LogP) is 12.3. The molecule has 1 aliphatic carbocycles. The fraction of sp³-hybridized carbons (Fsp3) is 0.0638. The molecular formula is C47H34N2. The maximum Gasteiger partial charge on any atom is 0.160 e. The predicted molar refractivity (Wildman–Crippen MR) is 204 cm³/mol. The van der Waals surface area contributed by atoms with Gasteiger partial charge in [0.05, 0.1) is 11.4 Å². The molecule has 0 unspecified atom stereocenters. The highest BCUT2D eigenvalue weighted by molar-refractivity contribution is 6.03. The van der Waals surface area contributed by atoms with E-state index in [1.807, 2.05) is 6.07 Å². The summed E-state index contributed by atoms with van der Waals surface area (Å²) in [6.45, 7) is 4.68. The molecule has 1 aromatic heterocycles. The van der Waals surface area contributed by atoms with Crippen molar-refractivity contribution in [3.8, 4) is 67.3 Å². The van der Waals surface area contributed by atoms with Gasteiger partial charge in [-0.15, -0.1) is 0 Å². The Morgan fingerprint density at radius 3 is 1.53 bits per heavy atom. The van der Waals surface area contributed by atoms with Gasteiger partial charge in [0, 0.05) is 22.1 Å². The molecule has 232 valence electrons. The average molecular weight is 627 g/mol. The second kappa shape index (κ2) is 11.5. The lowest BCUT2D eigenvalue weighted by Gasteiger charge is -2.21. The van der Waals surface area contributed by atoms with Gasteiger partial charge in [0.1, 0.15) is 0 Å². The van der Waals surface area contributed by atoms with Gasteiger partial charge in [-0.25, -0.2) is 9.97 Å². The van der Waals surface area contributed by atoms with Crippen LogP contribution in [0.4, 0.5) is 0 Å². The van der Waals surface area contributed by atoms with E-state index < -0.39 is 0 Å². The molecule has 1 aliphatic rings. The van der Waals surface area contributed by atoms with Gasteiger partial charge in [0.25, 0.3) is 0 Å². The van der Waals surface area contributed by atoms with Crippen LogP contribution in [0.2, 0.25) is 0 Å². The Hall–Kier alpha value is -6.12. The van der Waals surface area contributed by atoms with E-state index in [2.05, 4.69) is 178 Å². The molecule has 1 heterocycles. The lowest BCUT2D eigenvalue weighted by molar-refractivity contribution is 0.661. The summed E-state index contributed by atoms with van der Waals surface area (Å²) < 4.78 is 0. The first kappa shape index (κ1) is 29.1. The zero-order valence-electron chi connectivity index (χ0n) is 27.6. The third kappa shape index (κ3) is 5.05. The van der Waals surface area contributed by atoms with Gasteiger partial charge >= 0.3 is 0 Å². The van der Waals surface area contributed by atoms with E-state index in [1.165, 1.54) is 55.3 Å². The Labute approximate surface area is 287 Å². The lowest BCUT2D eigenvalue weighted by atomic mass is 9.82. The smallest absolute Gasteiger partial charge is 0.160 e. The van der Waals surface area contributed by atoms with Crippen LogP contribution in [-0.4, -0.2) is 9.97 Å². The number of aromatic nitrogens is 2. The van der Waals surface area contributed by atoms with Gasteiger partial charge in [-0.05, 0) is 67.4 Å². The van der Waals surface area contributed by atoms with Crippen LogP contribution in [-0.2, 0) is 5.41 Å². The molecule has 9 rings (SSSR count). The minimum atomic E-state index is -0.0871. The maximum absolute atomic E-state index is 5.24. The van der Waals surface area contributed by atoms with Gasteiger partial charge in [-0.1, -0.05) is 172 Å². The first-order valence-electron chi connectivity index (χ1n) is 16.9. The van der Waals surface area contributed by atoms with Crippen LogP contribution in [0.25, 0.3) is 78.1 Å². The van der Waals surface area contributed by atoms with Crippen molar-refractivity contribution >= 4 is 10.8 Å². The summed E-state index contributed by atoms with van der Waals surface area (Å²) in [5, 5.41) is 2.56. The molecule has 0 saturated carbocycles. The SMILES string of the molecule is CC1(C)c2ccc(-c3cc(-c4ccc(-c5ccccc5)cc4)nc(-c4ccc(-c5ccccc5)cc4)n3)cc2-c2c1ccc1ccccc21. The van der Waals surface area contributed by atoms with Crippen molar-refractivity contribution in [3.63, 3.8) is 0 Å². The Morgan fingerprint density at radius 1 is 0.388 bits per heavy atom. The summed E-state index contributed by atoms with van der Waals surface area (Å²) in [6.07, 6.45) is 0. The Kier molecular flexibility index (Phi) is 6.84. The molecule has 0 saturated heterocycles. The van der Waals surface area contributed by atoms with Crippen molar-refractivity contribution in [1.82, 2.24) is 9.97 Å². The molecule has 0 spiro atoms. The number of benzene rings is 7. The summed E-state index contributed by atoms with van der Waals surface area (Å²) in [7, 11) is 0. The second-order valence-electron chi connectivity index (χ2n) is 13.4. The monoisotopic (exact) mass is 626 g/mol. The molecule has 7 aromatic carbocycles. The molecule has 0 amide bonds. The van der Waals surface area contributed by atoms with Crippen LogP contribution in [0, 0.1) is 0 Å². The minimum Gasteiger partial charge on any atom is -0.228 e. The number of hydrogen-bond donors (Lipinski definition) is 0. The Balaban J connectivity index is 1.19. The highest BCUT2D eigenvalue weighted by atomic mass is 14.9. The van der Waals surface area contributed by atoms with Crippen molar-refractivity contribution in [1.29, 1.82) is 0 Å². The van der Waals surface area contributed by atoms with Crippen molar-refractivity contribution < 1.29 is 0 Å². The van der Waals surface area contributed by atoms with Crippen molar-refractivity contribution in [2.45, 2.75) is 19.3 Å². The molecule has 0 aliphatic heterocycles. The van der Waals surface area contributed by atoms with Gasteiger partial charge in [-0.3, -0.25) is 0 Å². The van der Waals surface area contributed by atoms with Crippen molar-refractivity contribution in [2.24, 2.45) is 0 Å². The van der Waals surface area contributed by atoms with E-state index in [-0.39, 0.29) is 5.41 Å². The third-order valence-electron chi connectivity index (χ3n) is 10.1. The highest BCUT2D eigenvalue weighted by Gasteiger charge is 2.36. The van der Waals surface area contributed by atoms with Crippen molar-refractivity contribution in [2.75, 3.05) is 0 Å². The van der Waals surface area contributed by atoms with E-state index >= 15 is 0 Å². The normalized spacial score (nSPS) is 12.9. The van der Waals surface area contributed by atoms with E-state index in [0.717, 1.165) is 28.1 Å². The molecule has 2 heteroatoms. The average Bonchev–Trinajstić information content (AvgIpc) is 3.41. The quantitative estimate of drug-likeness (QED) is 0.190. The number of hydrogen-bond acceptors (Lipinski definition) is 2. The van der Waals surface area contributed by atoms with Crippen LogP contribution in [0.15, 0.2) is 170 Å². The van der Waals surface area contributed by atoms with Gasteiger partial charge < -0.3 is 0 Å². The van der Waals surface area contributed by atoms with Crippen LogP contribution in [0.1, 0.15) is 25.0 Å². The molecule has 49 heavy (non-hydrogen) atoms. The lowest BCUT2D eigenvalue weighted by Crippen LogP contribution is -2.14. The van der Waals surface area contributed by atoms with Crippen LogP contribution in [0.3, 0.4) is 0 Å². The first-order valence-corrected chi connectivity index (χ1v) is 16.9. The fourth-order valence-corrected chi connectivity index (χ4v) is 7.46. The molecule has 2 nitrogen and oxygen atoms in total. The molecule has 0 bridgehead atoms. The fourth-order valence-electron chi connectivity index (χ4n) is 7.46. The van der Waals surface area contributed by atoms with E-state index in [0.29, 0.717) is 5.82 Å². The number of nitrogens with zero attached hydrogens (tertiary/aromatic N) is 2. The highest BCUT2D eigenvalue weighted by Crippen LogP contribution is 2.52. The summed E-state index contributed by atoms with van der Waals surface area (Å²) in [5.74, 6) is 0.714. The second-order valence-corrected chi connectivity index (χ2v) is 13.4. The molecule has 8 aromatic rings. The van der Waals surface area contributed by atoms with Crippen LogP contribution < -0.4 is 0 Å². The van der Waals surface area contributed by atoms with E-state index in [4.69, 9.17) is 9.97 Å². The van der Waals surface area contributed by atoms with Gasteiger partial charge in [-0.2, -0.15) is 0 Å². The summed E-state index contributed by atoms with van der Waals surface area (Å²) in [5.41, 5.74) is 15.0. The summed E-state index contributed by atoms with van der Waals surface area (Å²) in [6, 6.07) is 60.6. The van der Waals surface area contributed by atoms with Crippen LogP contribution >= 0.6 is 0 Å². The number of rotatable bonds is 5. The largest absolute Gasteiger partial charge is 0.228 e. The van der Waals surface area contributed by atoms with Crippen LogP contribution in [0.5, 0.6) is 0 Å². The zero-order chi connectivity index (χ0) is 33.0. The van der Waals surface area contributed by atoms with E-state index in [1.54, 1.807) is 0 Å². The molecular weight excluding hydrogens is 593 g/mol. The van der Waals surface area contributed by atoms with E-state index in [9.17, 15) is 0 Å². The first-order chi connectivity index (χ1) is 24.0. The standard InChI is InChI=1S/C47H34N2/c1-47(2)41-27-26-38(29-40(41)45-39-16-10-9-15-35(39)25-28-42(45)47)44-30-43(36-21-17-33(18-22-36)31-11-5-3-6-12-31)48-46(49-44)37-23-19-34(20-24-37)32-13-7-4-8-14-32/h3-30H,1-2H3. The maximum atomic E-state index is 5.24. The molecule has 0 radical (unpaired) electrons.